The highest BCUT2D eigenvalue weighted by atomic mass is 35.5. The van der Waals surface area contributed by atoms with Crippen LogP contribution in [-0.4, -0.2) is 23.0 Å². The van der Waals surface area contributed by atoms with Gasteiger partial charge in [-0.3, -0.25) is 9.59 Å². The topological polar surface area (TPSA) is 66.4 Å². The van der Waals surface area contributed by atoms with Crippen molar-refractivity contribution in [1.82, 2.24) is 5.32 Å². The molecule has 0 radical (unpaired) electrons. The zero-order chi connectivity index (χ0) is 17.9. The molecule has 0 aromatic heterocycles. The van der Waals surface area contributed by atoms with Crippen LogP contribution in [0.4, 0.5) is 0 Å². The van der Waals surface area contributed by atoms with E-state index < -0.39 is 11.4 Å². The van der Waals surface area contributed by atoms with Crippen LogP contribution >= 0.6 is 11.6 Å². The Balaban J connectivity index is 2.19. The molecule has 4 nitrogen and oxygen atoms in total. The summed E-state index contributed by atoms with van der Waals surface area (Å²) in [5.74, 6) is -0.866. The lowest BCUT2D eigenvalue weighted by atomic mass is 9.83. The predicted octanol–water partition coefficient (Wildman–Crippen LogP) is 4.23. The van der Waals surface area contributed by atoms with Crippen LogP contribution in [-0.2, 0) is 9.59 Å². The average molecular weight is 352 g/mol. The monoisotopic (exact) mass is 351 g/mol. The third-order valence-corrected chi connectivity index (χ3v) is 5.31. The fourth-order valence-electron chi connectivity index (χ4n) is 3.49. The Kier molecular flexibility index (Phi) is 5.92. The van der Waals surface area contributed by atoms with Crippen molar-refractivity contribution in [2.45, 2.75) is 58.4 Å². The first-order chi connectivity index (χ1) is 11.2. The van der Waals surface area contributed by atoms with Crippen LogP contribution in [0.2, 0.25) is 5.02 Å². The second-order valence-corrected chi connectivity index (χ2v) is 7.85. The Hall–Kier alpha value is -1.55. The number of carboxylic acid groups (broad SMARTS) is 1. The van der Waals surface area contributed by atoms with E-state index in [1.807, 2.05) is 12.1 Å². The van der Waals surface area contributed by atoms with Crippen LogP contribution < -0.4 is 5.32 Å². The number of benzene rings is 1. The van der Waals surface area contributed by atoms with Crippen molar-refractivity contribution in [3.05, 3.63) is 34.9 Å². The summed E-state index contributed by atoms with van der Waals surface area (Å²) in [4.78, 5) is 24.5. The number of amides is 1. The maximum Gasteiger partial charge on any atom is 0.311 e. The second kappa shape index (κ2) is 7.56. The normalized spacial score (nSPS) is 24.8. The Labute approximate surface area is 148 Å². The van der Waals surface area contributed by atoms with Crippen LogP contribution in [0, 0.1) is 11.3 Å². The van der Waals surface area contributed by atoms with E-state index in [0.29, 0.717) is 30.2 Å². The molecule has 1 aliphatic carbocycles. The summed E-state index contributed by atoms with van der Waals surface area (Å²) in [7, 11) is 0. The highest BCUT2D eigenvalue weighted by molar-refractivity contribution is 6.30. The van der Waals surface area contributed by atoms with E-state index in [0.717, 1.165) is 12.0 Å². The van der Waals surface area contributed by atoms with E-state index in [4.69, 9.17) is 11.6 Å². The molecule has 0 spiro atoms. The Morgan fingerprint density at radius 3 is 2.50 bits per heavy atom. The fraction of sp³-hybridized carbons (Fsp3) is 0.579. The minimum absolute atomic E-state index is 0.0922. The van der Waals surface area contributed by atoms with Gasteiger partial charge in [-0.05, 0) is 49.8 Å². The molecule has 1 aliphatic rings. The van der Waals surface area contributed by atoms with E-state index >= 15 is 0 Å². The number of carbonyl (C=O) groups excluding carboxylic acids is 1. The molecule has 0 aliphatic heterocycles. The molecular weight excluding hydrogens is 326 g/mol. The van der Waals surface area contributed by atoms with Gasteiger partial charge in [-0.25, -0.2) is 0 Å². The van der Waals surface area contributed by atoms with E-state index in [1.165, 1.54) is 0 Å². The maximum absolute atomic E-state index is 12.9. The van der Waals surface area contributed by atoms with Crippen LogP contribution in [0.15, 0.2) is 24.3 Å². The van der Waals surface area contributed by atoms with Crippen LogP contribution in [0.1, 0.15) is 57.9 Å². The summed E-state index contributed by atoms with van der Waals surface area (Å²) in [6.07, 6.45) is 2.85. The second-order valence-electron chi connectivity index (χ2n) is 7.41. The molecule has 5 heteroatoms. The van der Waals surface area contributed by atoms with E-state index in [9.17, 15) is 14.7 Å². The number of hydrogen-bond acceptors (Lipinski definition) is 2. The van der Waals surface area contributed by atoms with Crippen molar-refractivity contribution in [1.29, 1.82) is 0 Å². The van der Waals surface area contributed by atoms with Crippen molar-refractivity contribution >= 4 is 23.5 Å². The molecule has 1 aromatic rings. The number of carbonyl (C=O) groups is 2. The summed E-state index contributed by atoms with van der Waals surface area (Å²) in [6, 6.07) is 7.01. The first-order valence-electron chi connectivity index (χ1n) is 8.53. The summed E-state index contributed by atoms with van der Waals surface area (Å²) in [6.45, 7) is 5.88. The Morgan fingerprint density at radius 1 is 1.33 bits per heavy atom. The van der Waals surface area contributed by atoms with Gasteiger partial charge in [-0.15, -0.1) is 0 Å². The number of halogens is 1. The van der Waals surface area contributed by atoms with Gasteiger partial charge in [0.05, 0.1) is 11.3 Å². The number of aliphatic carboxylic acids is 1. The zero-order valence-corrected chi connectivity index (χ0v) is 15.3. The molecule has 1 fully saturated rings. The quantitative estimate of drug-likeness (QED) is 0.806. The van der Waals surface area contributed by atoms with Crippen molar-refractivity contribution in [3.8, 4) is 0 Å². The highest BCUT2D eigenvalue weighted by Gasteiger charge is 2.46. The standard InChI is InChI=1S/C19H26ClNO3/c1-12(2)11-15(13-6-8-14(20)9-7-13)17(22)21-16-5-4-10-19(16,3)18(23)24/h6-9,12,15-16H,4-5,10-11H2,1-3H3,(H,21,22)(H,23,24). The lowest BCUT2D eigenvalue weighted by molar-refractivity contribution is -0.149. The number of rotatable bonds is 6. The number of carboxylic acids is 1. The molecule has 24 heavy (non-hydrogen) atoms. The molecule has 1 amide bonds. The molecule has 0 bridgehead atoms. The molecule has 132 valence electrons. The fourth-order valence-corrected chi connectivity index (χ4v) is 3.61. The Bertz CT molecular complexity index is 599. The zero-order valence-electron chi connectivity index (χ0n) is 14.5. The van der Waals surface area contributed by atoms with Gasteiger partial charge < -0.3 is 10.4 Å². The van der Waals surface area contributed by atoms with Crippen molar-refractivity contribution < 1.29 is 14.7 Å². The molecule has 3 atom stereocenters. The van der Waals surface area contributed by atoms with Gasteiger partial charge in [0.2, 0.25) is 5.91 Å². The van der Waals surface area contributed by atoms with E-state index in [1.54, 1.807) is 19.1 Å². The third-order valence-electron chi connectivity index (χ3n) is 5.06. The Morgan fingerprint density at radius 2 is 1.96 bits per heavy atom. The SMILES string of the molecule is CC(C)CC(C(=O)NC1CCCC1(C)C(=O)O)c1ccc(Cl)cc1. The van der Waals surface area contributed by atoms with Gasteiger partial charge in [0.15, 0.2) is 0 Å². The van der Waals surface area contributed by atoms with E-state index in [2.05, 4.69) is 19.2 Å². The molecule has 0 heterocycles. The van der Waals surface area contributed by atoms with Crippen LogP contribution in [0.5, 0.6) is 0 Å². The minimum Gasteiger partial charge on any atom is -0.481 e. The highest BCUT2D eigenvalue weighted by Crippen LogP contribution is 2.39. The largest absolute Gasteiger partial charge is 0.481 e. The van der Waals surface area contributed by atoms with Crippen molar-refractivity contribution in [3.63, 3.8) is 0 Å². The predicted molar refractivity (Wildman–Crippen MR) is 95.2 cm³/mol. The minimum atomic E-state index is -0.877. The van der Waals surface area contributed by atoms with Crippen LogP contribution in [0.3, 0.4) is 0 Å². The van der Waals surface area contributed by atoms with Gasteiger partial charge in [-0.1, -0.05) is 44.0 Å². The molecule has 0 saturated heterocycles. The van der Waals surface area contributed by atoms with Gasteiger partial charge >= 0.3 is 5.97 Å². The van der Waals surface area contributed by atoms with Crippen LogP contribution in [0.25, 0.3) is 0 Å². The number of hydrogen-bond donors (Lipinski definition) is 2. The average Bonchev–Trinajstić information content (AvgIpc) is 2.88. The lowest BCUT2D eigenvalue weighted by Crippen LogP contribution is -2.48. The molecule has 2 N–H and O–H groups in total. The molecule has 2 rings (SSSR count). The van der Waals surface area contributed by atoms with Crippen molar-refractivity contribution in [2.75, 3.05) is 0 Å². The number of nitrogens with one attached hydrogen (secondary N) is 1. The van der Waals surface area contributed by atoms with Gasteiger partial charge in [0, 0.05) is 11.1 Å². The summed E-state index contributed by atoms with van der Waals surface area (Å²) < 4.78 is 0. The lowest BCUT2D eigenvalue weighted by Gasteiger charge is -2.30. The third kappa shape index (κ3) is 4.10. The van der Waals surface area contributed by atoms with Gasteiger partial charge in [0.25, 0.3) is 0 Å². The molecular formula is C19H26ClNO3. The summed E-state index contributed by atoms with van der Waals surface area (Å²) in [5, 5.41) is 13.2. The smallest absolute Gasteiger partial charge is 0.311 e. The van der Waals surface area contributed by atoms with E-state index in [-0.39, 0.29) is 17.9 Å². The van der Waals surface area contributed by atoms with Gasteiger partial charge in [-0.2, -0.15) is 0 Å². The molecule has 1 aromatic carbocycles. The first-order valence-corrected chi connectivity index (χ1v) is 8.91. The summed E-state index contributed by atoms with van der Waals surface area (Å²) >= 11 is 5.95. The van der Waals surface area contributed by atoms with Gasteiger partial charge in [0.1, 0.15) is 0 Å². The molecule has 1 saturated carbocycles. The first kappa shape index (κ1) is 18.8. The maximum atomic E-state index is 12.9. The summed E-state index contributed by atoms with van der Waals surface area (Å²) in [5.41, 5.74) is 0.0403. The van der Waals surface area contributed by atoms with Crippen molar-refractivity contribution in [2.24, 2.45) is 11.3 Å². The molecule has 3 unspecified atom stereocenters.